The first-order valence-electron chi connectivity index (χ1n) is 5.16. The normalized spacial score (nSPS) is 10.0. The molecule has 17 heavy (non-hydrogen) atoms. The molecule has 0 radical (unpaired) electrons. The van der Waals surface area contributed by atoms with Crippen molar-refractivity contribution in [1.82, 2.24) is 10.2 Å². The van der Waals surface area contributed by atoms with Crippen molar-refractivity contribution in [3.63, 3.8) is 0 Å². The van der Waals surface area contributed by atoms with Crippen molar-refractivity contribution < 1.29 is 9.47 Å². The average molecular weight is 231 g/mol. The third-order valence-electron chi connectivity index (χ3n) is 2.26. The third-order valence-corrected chi connectivity index (χ3v) is 2.26. The quantitative estimate of drug-likeness (QED) is 0.867. The summed E-state index contributed by atoms with van der Waals surface area (Å²) in [6.07, 6.45) is 1.59. The van der Waals surface area contributed by atoms with Crippen molar-refractivity contribution in [2.24, 2.45) is 5.73 Å². The zero-order chi connectivity index (χ0) is 12.1. The van der Waals surface area contributed by atoms with Gasteiger partial charge in [-0.2, -0.15) is 5.10 Å². The van der Waals surface area contributed by atoms with Crippen LogP contribution in [-0.2, 0) is 6.54 Å². The summed E-state index contributed by atoms with van der Waals surface area (Å²) in [5, 5.41) is 7.67. The van der Waals surface area contributed by atoms with Gasteiger partial charge in [0, 0.05) is 12.1 Å². The van der Waals surface area contributed by atoms with Gasteiger partial charge < -0.3 is 15.2 Å². The van der Waals surface area contributed by atoms with Gasteiger partial charge in [0.25, 0.3) is 0 Å². The van der Waals surface area contributed by atoms with E-state index < -0.39 is 0 Å². The zero-order valence-corrected chi connectivity index (χ0v) is 9.46. The molecule has 5 heteroatoms. The van der Waals surface area contributed by atoms with Gasteiger partial charge in [-0.05, 0) is 30.3 Å². The van der Waals surface area contributed by atoms with Crippen LogP contribution in [0.25, 0.3) is 0 Å². The minimum absolute atomic E-state index is 0.362. The van der Waals surface area contributed by atoms with E-state index in [0.717, 1.165) is 11.3 Å². The van der Waals surface area contributed by atoms with Crippen LogP contribution in [0.4, 0.5) is 0 Å². The summed E-state index contributed by atoms with van der Waals surface area (Å²) in [5.74, 6) is 1.87. The molecule has 0 bridgehead atoms. The first-order valence-corrected chi connectivity index (χ1v) is 5.16. The minimum atomic E-state index is 0.362. The summed E-state index contributed by atoms with van der Waals surface area (Å²) in [5.41, 5.74) is 6.40. The Balaban J connectivity index is 2.19. The van der Waals surface area contributed by atoms with Gasteiger partial charge in [-0.3, -0.25) is 0 Å². The molecule has 1 aromatic heterocycles. The summed E-state index contributed by atoms with van der Waals surface area (Å²) in [4.78, 5) is 0. The molecule has 0 atom stereocenters. The van der Waals surface area contributed by atoms with Crippen LogP contribution in [-0.4, -0.2) is 17.3 Å². The number of ether oxygens (including phenoxy) is 2. The highest BCUT2D eigenvalue weighted by atomic mass is 16.5. The molecule has 5 nitrogen and oxygen atoms in total. The van der Waals surface area contributed by atoms with E-state index in [2.05, 4.69) is 10.2 Å². The van der Waals surface area contributed by atoms with Crippen LogP contribution in [0.5, 0.6) is 17.4 Å². The van der Waals surface area contributed by atoms with Crippen molar-refractivity contribution >= 4 is 0 Å². The Hall–Kier alpha value is -2.14. The number of nitrogens with zero attached hydrogens (tertiary/aromatic N) is 2. The SMILES string of the molecule is COc1ccc(Oc2nnccc2CN)cc1. The summed E-state index contributed by atoms with van der Waals surface area (Å²) >= 11 is 0. The number of aromatic nitrogens is 2. The van der Waals surface area contributed by atoms with Gasteiger partial charge in [-0.1, -0.05) is 0 Å². The van der Waals surface area contributed by atoms with Gasteiger partial charge in [-0.25, -0.2) is 0 Å². The van der Waals surface area contributed by atoms with Crippen LogP contribution < -0.4 is 15.2 Å². The van der Waals surface area contributed by atoms with Crippen LogP contribution in [0, 0.1) is 0 Å². The van der Waals surface area contributed by atoms with E-state index in [9.17, 15) is 0 Å². The van der Waals surface area contributed by atoms with Gasteiger partial charge >= 0.3 is 0 Å². The first-order chi connectivity index (χ1) is 8.33. The fourth-order valence-corrected chi connectivity index (χ4v) is 1.34. The minimum Gasteiger partial charge on any atom is -0.497 e. The molecule has 0 aliphatic heterocycles. The molecule has 0 unspecified atom stereocenters. The van der Waals surface area contributed by atoms with Crippen LogP contribution in [0.15, 0.2) is 36.5 Å². The molecule has 1 aromatic carbocycles. The predicted octanol–water partition coefficient (Wildman–Crippen LogP) is 1.74. The number of benzene rings is 1. The Kier molecular flexibility index (Phi) is 3.52. The predicted molar refractivity (Wildman–Crippen MR) is 63.0 cm³/mol. The second-order valence-corrected chi connectivity index (χ2v) is 3.34. The summed E-state index contributed by atoms with van der Waals surface area (Å²) in [6.45, 7) is 0.362. The third kappa shape index (κ3) is 2.70. The van der Waals surface area contributed by atoms with Gasteiger partial charge in [0.15, 0.2) is 0 Å². The highest BCUT2D eigenvalue weighted by molar-refractivity contribution is 5.35. The summed E-state index contributed by atoms with van der Waals surface area (Å²) < 4.78 is 10.7. The molecule has 0 spiro atoms. The van der Waals surface area contributed by atoms with Crippen molar-refractivity contribution in [3.05, 3.63) is 42.1 Å². The Morgan fingerprint density at radius 1 is 1.12 bits per heavy atom. The lowest BCUT2D eigenvalue weighted by atomic mass is 10.3. The Bertz CT molecular complexity index is 485. The summed E-state index contributed by atoms with van der Waals surface area (Å²) in [6, 6.07) is 9.01. The molecule has 0 saturated carbocycles. The molecule has 2 rings (SSSR count). The molecule has 0 aliphatic carbocycles. The maximum Gasteiger partial charge on any atom is 0.243 e. The van der Waals surface area contributed by atoms with Crippen molar-refractivity contribution in [1.29, 1.82) is 0 Å². The van der Waals surface area contributed by atoms with Crippen LogP contribution in [0.2, 0.25) is 0 Å². The van der Waals surface area contributed by atoms with E-state index in [1.54, 1.807) is 31.5 Å². The first kappa shape index (κ1) is 11.3. The van der Waals surface area contributed by atoms with Crippen LogP contribution in [0.3, 0.4) is 0 Å². The van der Waals surface area contributed by atoms with Gasteiger partial charge in [0.2, 0.25) is 5.88 Å². The van der Waals surface area contributed by atoms with E-state index in [-0.39, 0.29) is 0 Å². The number of rotatable bonds is 4. The van der Waals surface area contributed by atoms with Crippen molar-refractivity contribution in [3.8, 4) is 17.4 Å². The van der Waals surface area contributed by atoms with Crippen LogP contribution in [0.1, 0.15) is 5.56 Å². The number of methoxy groups -OCH3 is 1. The number of hydrogen-bond donors (Lipinski definition) is 1. The smallest absolute Gasteiger partial charge is 0.243 e. The maximum absolute atomic E-state index is 5.59. The van der Waals surface area contributed by atoms with Crippen LogP contribution >= 0.6 is 0 Å². The number of nitrogens with two attached hydrogens (primary N) is 1. The fourth-order valence-electron chi connectivity index (χ4n) is 1.34. The molecular formula is C12H13N3O2. The van der Waals surface area contributed by atoms with Gasteiger partial charge in [0.1, 0.15) is 11.5 Å². The molecule has 0 amide bonds. The van der Waals surface area contributed by atoms with E-state index in [1.165, 1.54) is 0 Å². The standard InChI is InChI=1S/C12H13N3O2/c1-16-10-2-4-11(5-3-10)17-12-9(8-13)6-7-14-15-12/h2-7H,8,13H2,1H3. The lowest BCUT2D eigenvalue weighted by molar-refractivity contribution is 0.411. The summed E-state index contributed by atoms with van der Waals surface area (Å²) in [7, 11) is 1.62. The molecular weight excluding hydrogens is 218 g/mol. The maximum atomic E-state index is 5.59. The molecule has 88 valence electrons. The van der Waals surface area contributed by atoms with E-state index in [4.69, 9.17) is 15.2 Å². The lowest BCUT2D eigenvalue weighted by Crippen LogP contribution is -2.02. The number of hydrogen-bond acceptors (Lipinski definition) is 5. The Labute approximate surface area is 99.2 Å². The molecule has 0 aliphatic rings. The molecule has 2 aromatic rings. The van der Waals surface area contributed by atoms with Crippen molar-refractivity contribution in [2.45, 2.75) is 6.54 Å². The van der Waals surface area contributed by atoms with Gasteiger partial charge in [0.05, 0.1) is 13.3 Å². The van der Waals surface area contributed by atoms with E-state index >= 15 is 0 Å². The zero-order valence-electron chi connectivity index (χ0n) is 9.46. The molecule has 0 saturated heterocycles. The fraction of sp³-hybridized carbons (Fsp3) is 0.167. The molecule has 1 heterocycles. The molecule has 0 fully saturated rings. The topological polar surface area (TPSA) is 70.3 Å². The second kappa shape index (κ2) is 5.27. The van der Waals surface area contributed by atoms with E-state index in [0.29, 0.717) is 18.2 Å². The lowest BCUT2D eigenvalue weighted by Gasteiger charge is -2.07. The second-order valence-electron chi connectivity index (χ2n) is 3.34. The monoisotopic (exact) mass is 231 g/mol. The molecule has 2 N–H and O–H groups in total. The highest BCUT2D eigenvalue weighted by Gasteiger charge is 2.05. The van der Waals surface area contributed by atoms with Crippen molar-refractivity contribution in [2.75, 3.05) is 7.11 Å². The highest BCUT2D eigenvalue weighted by Crippen LogP contribution is 2.23. The Morgan fingerprint density at radius 2 is 1.82 bits per heavy atom. The van der Waals surface area contributed by atoms with Gasteiger partial charge in [-0.15, -0.1) is 5.10 Å². The Morgan fingerprint density at radius 3 is 2.47 bits per heavy atom. The largest absolute Gasteiger partial charge is 0.497 e. The van der Waals surface area contributed by atoms with E-state index in [1.807, 2.05) is 12.1 Å². The average Bonchev–Trinajstić information content (AvgIpc) is 2.40.